The van der Waals surface area contributed by atoms with Crippen LogP contribution >= 0.6 is 0 Å². The number of carbonyl (C=O) groups is 1. The molecule has 0 spiro atoms. The third kappa shape index (κ3) is 3.53. The van der Waals surface area contributed by atoms with Crippen molar-refractivity contribution in [2.45, 2.75) is 27.2 Å². The minimum Gasteiger partial charge on any atom is -0.397 e. The second-order valence-corrected chi connectivity index (χ2v) is 4.68. The molecular weight excluding hydrogens is 202 g/mol. The van der Waals surface area contributed by atoms with Crippen LogP contribution in [0.3, 0.4) is 0 Å². The van der Waals surface area contributed by atoms with E-state index in [2.05, 4.69) is 31.1 Å². The number of nitrogens with two attached hydrogens (primary N) is 1. The third-order valence-corrected chi connectivity index (χ3v) is 2.70. The predicted molar refractivity (Wildman–Crippen MR) is 65.1 cm³/mol. The first-order chi connectivity index (χ1) is 7.44. The molecule has 0 aliphatic rings. The summed E-state index contributed by atoms with van der Waals surface area (Å²) in [7, 11) is 0. The first-order valence-electron chi connectivity index (χ1n) is 5.44. The van der Waals surface area contributed by atoms with Crippen molar-refractivity contribution in [3.8, 4) is 0 Å². The molecule has 88 valence electrons. The van der Waals surface area contributed by atoms with E-state index in [1.165, 1.54) is 6.20 Å². The molecule has 1 aromatic rings. The van der Waals surface area contributed by atoms with Crippen molar-refractivity contribution in [3.63, 3.8) is 0 Å². The van der Waals surface area contributed by atoms with Gasteiger partial charge in [-0.3, -0.25) is 4.79 Å². The van der Waals surface area contributed by atoms with Gasteiger partial charge in [0.05, 0.1) is 11.9 Å². The van der Waals surface area contributed by atoms with Crippen molar-refractivity contribution in [1.82, 2.24) is 10.3 Å². The Kier molecular flexibility index (Phi) is 3.88. The fourth-order valence-electron chi connectivity index (χ4n) is 1.07. The molecule has 3 N–H and O–H groups in total. The number of amides is 1. The van der Waals surface area contributed by atoms with E-state index in [4.69, 9.17) is 5.73 Å². The topological polar surface area (TPSA) is 68.0 Å². The highest BCUT2D eigenvalue weighted by Gasteiger charge is 2.16. The monoisotopic (exact) mass is 221 g/mol. The van der Waals surface area contributed by atoms with E-state index in [0.717, 1.165) is 6.42 Å². The molecule has 1 rings (SSSR count). The molecule has 4 heteroatoms. The molecule has 1 amide bonds. The lowest BCUT2D eigenvalue weighted by molar-refractivity contribution is 0.0931. The Balaban J connectivity index is 2.56. The summed E-state index contributed by atoms with van der Waals surface area (Å²) in [5, 5.41) is 2.87. The highest BCUT2D eigenvalue weighted by molar-refractivity contribution is 5.92. The molecule has 0 atom stereocenters. The maximum absolute atomic E-state index is 11.7. The fraction of sp³-hybridized carbons (Fsp3) is 0.500. The van der Waals surface area contributed by atoms with Gasteiger partial charge in [0.1, 0.15) is 5.69 Å². The van der Waals surface area contributed by atoms with Crippen LogP contribution in [-0.4, -0.2) is 17.4 Å². The van der Waals surface area contributed by atoms with Gasteiger partial charge in [-0.25, -0.2) is 4.98 Å². The van der Waals surface area contributed by atoms with E-state index < -0.39 is 0 Å². The number of aromatic nitrogens is 1. The number of rotatable bonds is 4. The van der Waals surface area contributed by atoms with Crippen LogP contribution in [0, 0.1) is 5.41 Å². The second kappa shape index (κ2) is 4.96. The highest BCUT2D eigenvalue weighted by atomic mass is 16.1. The lowest BCUT2D eigenvalue weighted by atomic mass is 9.90. The zero-order valence-corrected chi connectivity index (χ0v) is 10.1. The largest absolute Gasteiger partial charge is 0.397 e. The molecule has 0 radical (unpaired) electrons. The highest BCUT2D eigenvalue weighted by Crippen LogP contribution is 2.17. The Morgan fingerprint density at radius 2 is 2.19 bits per heavy atom. The smallest absolute Gasteiger partial charge is 0.269 e. The molecule has 0 aromatic carbocycles. The Hall–Kier alpha value is -1.58. The van der Waals surface area contributed by atoms with Crippen LogP contribution in [-0.2, 0) is 0 Å². The molecule has 0 aliphatic heterocycles. The Labute approximate surface area is 96.3 Å². The average Bonchev–Trinajstić information content (AvgIpc) is 2.27. The van der Waals surface area contributed by atoms with E-state index in [1.807, 2.05) is 0 Å². The van der Waals surface area contributed by atoms with Gasteiger partial charge in [0.15, 0.2) is 0 Å². The SMILES string of the molecule is CCC(C)(C)CNC(=O)c1ccc(N)cn1. The van der Waals surface area contributed by atoms with E-state index in [0.29, 0.717) is 17.9 Å². The summed E-state index contributed by atoms with van der Waals surface area (Å²) in [5.41, 5.74) is 6.58. The van der Waals surface area contributed by atoms with Crippen molar-refractivity contribution in [2.75, 3.05) is 12.3 Å². The minimum absolute atomic E-state index is 0.115. The number of hydrogen-bond acceptors (Lipinski definition) is 3. The summed E-state index contributed by atoms with van der Waals surface area (Å²) in [6.45, 7) is 6.98. The van der Waals surface area contributed by atoms with Crippen LogP contribution in [0.25, 0.3) is 0 Å². The molecule has 1 aromatic heterocycles. The van der Waals surface area contributed by atoms with E-state index in [-0.39, 0.29) is 11.3 Å². The van der Waals surface area contributed by atoms with Crippen LogP contribution in [0.15, 0.2) is 18.3 Å². The first-order valence-corrected chi connectivity index (χ1v) is 5.44. The van der Waals surface area contributed by atoms with Crippen molar-refractivity contribution in [1.29, 1.82) is 0 Å². The zero-order chi connectivity index (χ0) is 12.2. The summed E-state index contributed by atoms with van der Waals surface area (Å²) in [6, 6.07) is 3.30. The van der Waals surface area contributed by atoms with Gasteiger partial charge in [0, 0.05) is 6.54 Å². The quantitative estimate of drug-likeness (QED) is 0.815. The van der Waals surface area contributed by atoms with Crippen molar-refractivity contribution >= 4 is 11.6 Å². The standard InChI is InChI=1S/C12H19N3O/c1-4-12(2,3)8-15-11(16)10-6-5-9(13)7-14-10/h5-7H,4,8,13H2,1-3H3,(H,15,16). The van der Waals surface area contributed by atoms with Crippen LogP contribution < -0.4 is 11.1 Å². The fourth-order valence-corrected chi connectivity index (χ4v) is 1.07. The molecular formula is C12H19N3O. The maximum Gasteiger partial charge on any atom is 0.269 e. The maximum atomic E-state index is 11.7. The number of hydrogen-bond donors (Lipinski definition) is 2. The summed E-state index contributed by atoms with van der Waals surface area (Å²) >= 11 is 0. The van der Waals surface area contributed by atoms with Gasteiger partial charge in [-0.15, -0.1) is 0 Å². The van der Waals surface area contributed by atoms with Gasteiger partial charge in [0.2, 0.25) is 0 Å². The zero-order valence-electron chi connectivity index (χ0n) is 10.1. The third-order valence-electron chi connectivity index (χ3n) is 2.70. The van der Waals surface area contributed by atoms with E-state index in [1.54, 1.807) is 12.1 Å². The molecule has 0 saturated heterocycles. The van der Waals surface area contributed by atoms with Gasteiger partial charge in [-0.05, 0) is 24.0 Å². The van der Waals surface area contributed by atoms with E-state index in [9.17, 15) is 4.79 Å². The second-order valence-electron chi connectivity index (χ2n) is 4.68. The van der Waals surface area contributed by atoms with Crippen LogP contribution in [0.2, 0.25) is 0 Å². The van der Waals surface area contributed by atoms with E-state index >= 15 is 0 Å². The van der Waals surface area contributed by atoms with Crippen molar-refractivity contribution < 1.29 is 4.79 Å². The minimum atomic E-state index is -0.151. The molecule has 0 saturated carbocycles. The van der Waals surface area contributed by atoms with Gasteiger partial charge in [-0.1, -0.05) is 20.8 Å². The summed E-state index contributed by atoms with van der Waals surface area (Å²) in [4.78, 5) is 15.7. The first kappa shape index (κ1) is 12.5. The molecule has 0 bridgehead atoms. The summed E-state index contributed by atoms with van der Waals surface area (Å²) in [5.74, 6) is -0.151. The molecule has 1 heterocycles. The number of pyridine rings is 1. The van der Waals surface area contributed by atoms with Crippen molar-refractivity contribution in [2.24, 2.45) is 5.41 Å². The van der Waals surface area contributed by atoms with Crippen LogP contribution in [0.1, 0.15) is 37.7 Å². The lowest BCUT2D eigenvalue weighted by Crippen LogP contribution is -2.34. The van der Waals surface area contributed by atoms with Crippen molar-refractivity contribution in [3.05, 3.63) is 24.0 Å². The Bertz CT molecular complexity index is 357. The summed E-state index contributed by atoms with van der Waals surface area (Å²) < 4.78 is 0. The normalized spacial score (nSPS) is 11.2. The number of carbonyl (C=O) groups excluding carboxylic acids is 1. The van der Waals surface area contributed by atoms with Gasteiger partial charge >= 0.3 is 0 Å². The number of nitrogen functional groups attached to an aromatic ring is 1. The number of nitrogens with one attached hydrogen (secondary N) is 1. The van der Waals surface area contributed by atoms with Crippen LogP contribution in [0.4, 0.5) is 5.69 Å². The Morgan fingerprint density at radius 3 is 2.69 bits per heavy atom. The van der Waals surface area contributed by atoms with Crippen LogP contribution in [0.5, 0.6) is 0 Å². The number of anilines is 1. The molecule has 0 fully saturated rings. The lowest BCUT2D eigenvalue weighted by Gasteiger charge is -2.22. The molecule has 4 nitrogen and oxygen atoms in total. The molecule has 0 unspecified atom stereocenters. The molecule has 16 heavy (non-hydrogen) atoms. The summed E-state index contributed by atoms with van der Waals surface area (Å²) in [6.07, 6.45) is 2.50. The van der Waals surface area contributed by atoms with Gasteiger partial charge in [-0.2, -0.15) is 0 Å². The predicted octanol–water partition coefficient (Wildman–Crippen LogP) is 1.83. The van der Waals surface area contributed by atoms with Gasteiger partial charge < -0.3 is 11.1 Å². The average molecular weight is 221 g/mol. The number of nitrogens with zero attached hydrogens (tertiary/aromatic N) is 1. The van der Waals surface area contributed by atoms with Gasteiger partial charge in [0.25, 0.3) is 5.91 Å². The Morgan fingerprint density at radius 1 is 1.50 bits per heavy atom. The molecule has 0 aliphatic carbocycles.